The van der Waals surface area contributed by atoms with Crippen molar-refractivity contribution in [2.24, 2.45) is 5.92 Å². The van der Waals surface area contributed by atoms with E-state index in [0.29, 0.717) is 12.5 Å². The van der Waals surface area contributed by atoms with E-state index in [1.165, 1.54) is 0 Å². The van der Waals surface area contributed by atoms with Crippen molar-refractivity contribution in [3.8, 4) is 5.69 Å². The minimum absolute atomic E-state index is 0.0144. The zero-order valence-electron chi connectivity index (χ0n) is 14.8. The van der Waals surface area contributed by atoms with Gasteiger partial charge in [0.2, 0.25) is 0 Å². The summed E-state index contributed by atoms with van der Waals surface area (Å²) < 4.78 is 1.91. The standard InChI is InChI=1S/C19H27N3O/c1-6-9-16-18(19(23)20-12-13(2)3)15(5)22(21-16)17-11-8-7-10-14(17)4/h7-8,10-11,13H,6,9,12H2,1-5H3,(H,20,23). The Kier molecular flexibility index (Phi) is 5.59. The van der Waals surface area contributed by atoms with Crippen LogP contribution in [-0.2, 0) is 6.42 Å². The van der Waals surface area contributed by atoms with E-state index in [1.54, 1.807) is 0 Å². The molecule has 0 aliphatic carbocycles. The number of carbonyl (C=O) groups excluding carboxylic acids is 1. The first-order valence-electron chi connectivity index (χ1n) is 8.38. The van der Waals surface area contributed by atoms with Gasteiger partial charge in [-0.1, -0.05) is 45.4 Å². The predicted octanol–water partition coefficient (Wildman–Crippen LogP) is 3.83. The van der Waals surface area contributed by atoms with Crippen LogP contribution < -0.4 is 5.32 Å². The number of benzene rings is 1. The number of nitrogens with zero attached hydrogens (tertiary/aromatic N) is 2. The van der Waals surface area contributed by atoms with Crippen LogP contribution >= 0.6 is 0 Å². The highest BCUT2D eigenvalue weighted by atomic mass is 16.1. The average Bonchev–Trinajstić information content (AvgIpc) is 2.82. The lowest BCUT2D eigenvalue weighted by atomic mass is 10.1. The summed E-state index contributed by atoms with van der Waals surface area (Å²) in [5.74, 6) is 0.416. The van der Waals surface area contributed by atoms with Gasteiger partial charge in [0.25, 0.3) is 5.91 Å². The van der Waals surface area contributed by atoms with E-state index in [-0.39, 0.29) is 5.91 Å². The molecule has 0 saturated carbocycles. The van der Waals surface area contributed by atoms with Crippen LogP contribution in [0.25, 0.3) is 5.69 Å². The van der Waals surface area contributed by atoms with Gasteiger partial charge in [0, 0.05) is 6.54 Å². The second-order valence-corrected chi connectivity index (χ2v) is 6.46. The van der Waals surface area contributed by atoms with Crippen LogP contribution in [0.2, 0.25) is 0 Å². The third kappa shape index (κ3) is 3.81. The molecule has 124 valence electrons. The lowest BCUT2D eigenvalue weighted by Gasteiger charge is -2.10. The van der Waals surface area contributed by atoms with Crippen molar-refractivity contribution in [2.75, 3.05) is 6.54 Å². The third-order valence-electron chi connectivity index (χ3n) is 3.92. The Morgan fingerprint density at radius 3 is 2.57 bits per heavy atom. The molecule has 0 aliphatic rings. The zero-order chi connectivity index (χ0) is 17.0. The molecule has 1 amide bonds. The molecule has 0 unspecified atom stereocenters. The Morgan fingerprint density at radius 2 is 1.96 bits per heavy atom. The first kappa shape index (κ1) is 17.3. The topological polar surface area (TPSA) is 46.9 Å². The minimum Gasteiger partial charge on any atom is -0.352 e. The van der Waals surface area contributed by atoms with Crippen molar-refractivity contribution in [3.05, 3.63) is 46.8 Å². The van der Waals surface area contributed by atoms with E-state index in [0.717, 1.165) is 41.0 Å². The Labute approximate surface area is 138 Å². The summed E-state index contributed by atoms with van der Waals surface area (Å²) in [5.41, 5.74) is 4.70. The van der Waals surface area contributed by atoms with Crippen LogP contribution in [0.15, 0.2) is 24.3 Å². The summed E-state index contributed by atoms with van der Waals surface area (Å²) >= 11 is 0. The molecule has 4 nitrogen and oxygen atoms in total. The second kappa shape index (κ2) is 7.44. The van der Waals surface area contributed by atoms with E-state index >= 15 is 0 Å². The van der Waals surface area contributed by atoms with Crippen LogP contribution in [0.3, 0.4) is 0 Å². The van der Waals surface area contributed by atoms with Crippen LogP contribution in [0.5, 0.6) is 0 Å². The Bertz CT molecular complexity index is 686. The molecule has 0 fully saturated rings. The van der Waals surface area contributed by atoms with Crippen molar-refractivity contribution < 1.29 is 4.79 Å². The lowest BCUT2D eigenvalue weighted by molar-refractivity contribution is 0.0947. The Hall–Kier alpha value is -2.10. The molecule has 2 aromatic rings. The first-order valence-corrected chi connectivity index (χ1v) is 8.38. The average molecular weight is 313 g/mol. The molecular weight excluding hydrogens is 286 g/mol. The third-order valence-corrected chi connectivity index (χ3v) is 3.92. The number of aryl methyl sites for hydroxylation is 2. The first-order chi connectivity index (χ1) is 11.0. The summed E-state index contributed by atoms with van der Waals surface area (Å²) in [6.45, 7) is 11.0. The summed E-state index contributed by atoms with van der Waals surface area (Å²) in [5, 5.41) is 7.76. The summed E-state index contributed by atoms with van der Waals surface area (Å²) in [7, 11) is 0. The Balaban J connectivity index is 2.45. The van der Waals surface area contributed by atoms with Crippen molar-refractivity contribution >= 4 is 5.91 Å². The molecule has 1 N–H and O–H groups in total. The van der Waals surface area contributed by atoms with Crippen molar-refractivity contribution in [3.63, 3.8) is 0 Å². The van der Waals surface area contributed by atoms with Crippen LogP contribution in [0.1, 0.15) is 54.5 Å². The van der Waals surface area contributed by atoms with Crippen LogP contribution in [-0.4, -0.2) is 22.2 Å². The van der Waals surface area contributed by atoms with E-state index in [9.17, 15) is 4.79 Å². The van der Waals surface area contributed by atoms with Crippen molar-refractivity contribution in [1.82, 2.24) is 15.1 Å². The van der Waals surface area contributed by atoms with Crippen molar-refractivity contribution in [1.29, 1.82) is 0 Å². The molecular formula is C19H27N3O. The van der Waals surface area contributed by atoms with Crippen molar-refractivity contribution in [2.45, 2.75) is 47.5 Å². The molecule has 0 radical (unpaired) electrons. The molecule has 0 saturated heterocycles. The number of aromatic nitrogens is 2. The van der Waals surface area contributed by atoms with Gasteiger partial charge in [0.05, 0.1) is 22.6 Å². The van der Waals surface area contributed by atoms with E-state index in [2.05, 4.69) is 39.1 Å². The van der Waals surface area contributed by atoms with Gasteiger partial charge in [0.15, 0.2) is 0 Å². The Morgan fingerprint density at radius 1 is 1.26 bits per heavy atom. The number of hydrogen-bond acceptors (Lipinski definition) is 2. The molecule has 23 heavy (non-hydrogen) atoms. The predicted molar refractivity (Wildman–Crippen MR) is 94.2 cm³/mol. The highest BCUT2D eigenvalue weighted by Gasteiger charge is 2.21. The molecule has 4 heteroatoms. The monoisotopic (exact) mass is 313 g/mol. The fraction of sp³-hybridized carbons (Fsp3) is 0.474. The van der Waals surface area contributed by atoms with Gasteiger partial charge in [0.1, 0.15) is 0 Å². The van der Waals surface area contributed by atoms with Gasteiger partial charge in [-0.2, -0.15) is 5.10 Å². The van der Waals surface area contributed by atoms with Gasteiger partial charge < -0.3 is 5.32 Å². The highest BCUT2D eigenvalue weighted by molar-refractivity contribution is 5.96. The quantitative estimate of drug-likeness (QED) is 0.881. The number of hydrogen-bond donors (Lipinski definition) is 1. The minimum atomic E-state index is -0.0144. The van der Waals surface area contributed by atoms with Crippen LogP contribution in [0.4, 0.5) is 0 Å². The number of nitrogens with one attached hydrogen (secondary N) is 1. The molecule has 1 aromatic carbocycles. The molecule has 1 heterocycles. The lowest BCUT2D eigenvalue weighted by Crippen LogP contribution is -2.28. The number of rotatable bonds is 6. The van der Waals surface area contributed by atoms with Gasteiger partial charge in [-0.05, 0) is 37.8 Å². The van der Waals surface area contributed by atoms with Gasteiger partial charge in [-0.25, -0.2) is 4.68 Å². The van der Waals surface area contributed by atoms with Gasteiger partial charge >= 0.3 is 0 Å². The molecule has 2 rings (SSSR count). The number of para-hydroxylation sites is 1. The maximum atomic E-state index is 12.6. The second-order valence-electron chi connectivity index (χ2n) is 6.46. The maximum Gasteiger partial charge on any atom is 0.255 e. The summed E-state index contributed by atoms with van der Waals surface area (Å²) in [4.78, 5) is 12.6. The van der Waals surface area contributed by atoms with E-state index < -0.39 is 0 Å². The summed E-state index contributed by atoms with van der Waals surface area (Å²) in [6, 6.07) is 8.12. The van der Waals surface area contributed by atoms with Crippen LogP contribution in [0, 0.1) is 19.8 Å². The largest absolute Gasteiger partial charge is 0.352 e. The number of amides is 1. The SMILES string of the molecule is CCCc1nn(-c2ccccc2C)c(C)c1C(=O)NCC(C)C. The molecule has 0 atom stereocenters. The molecule has 0 spiro atoms. The summed E-state index contributed by atoms with van der Waals surface area (Å²) in [6.07, 6.45) is 1.78. The van der Waals surface area contributed by atoms with Gasteiger partial charge in [-0.15, -0.1) is 0 Å². The molecule has 1 aromatic heterocycles. The number of carbonyl (C=O) groups is 1. The zero-order valence-corrected chi connectivity index (χ0v) is 14.8. The van der Waals surface area contributed by atoms with Gasteiger partial charge in [-0.3, -0.25) is 4.79 Å². The fourth-order valence-corrected chi connectivity index (χ4v) is 2.69. The van der Waals surface area contributed by atoms with E-state index in [1.807, 2.05) is 29.8 Å². The highest BCUT2D eigenvalue weighted by Crippen LogP contribution is 2.21. The fourth-order valence-electron chi connectivity index (χ4n) is 2.69. The maximum absolute atomic E-state index is 12.6. The normalized spacial score (nSPS) is 11.0. The molecule has 0 aliphatic heterocycles. The van der Waals surface area contributed by atoms with E-state index in [4.69, 9.17) is 5.10 Å². The molecule has 0 bridgehead atoms. The smallest absolute Gasteiger partial charge is 0.255 e.